The molecule has 1 saturated carbocycles. The molecule has 1 aliphatic rings. The third-order valence-corrected chi connectivity index (χ3v) is 5.18. The Morgan fingerprint density at radius 2 is 1.76 bits per heavy atom. The molecule has 1 fully saturated rings. The van der Waals surface area contributed by atoms with Gasteiger partial charge in [-0.25, -0.2) is 0 Å². The van der Waals surface area contributed by atoms with Crippen LogP contribution >= 0.6 is 24.0 Å². The van der Waals surface area contributed by atoms with Crippen molar-refractivity contribution in [1.29, 1.82) is 0 Å². The molecule has 0 aliphatic heterocycles. The normalized spacial score (nSPS) is 16.3. The molecule has 0 spiro atoms. The second-order valence-corrected chi connectivity index (χ2v) is 7.52. The van der Waals surface area contributed by atoms with Crippen LogP contribution < -0.4 is 10.6 Å². The highest BCUT2D eigenvalue weighted by molar-refractivity contribution is 14.0. The predicted octanol–water partition coefficient (Wildman–Crippen LogP) is 3.49. The predicted molar refractivity (Wildman–Crippen MR) is 119 cm³/mol. The van der Waals surface area contributed by atoms with Gasteiger partial charge >= 0.3 is 0 Å². The molecule has 0 atom stereocenters. The van der Waals surface area contributed by atoms with Crippen molar-refractivity contribution < 1.29 is 4.74 Å². The molecule has 1 rings (SSSR count). The molecule has 0 bridgehead atoms. The average molecular weight is 468 g/mol. The molecule has 0 unspecified atom stereocenters. The van der Waals surface area contributed by atoms with Crippen molar-refractivity contribution in [2.45, 2.75) is 57.8 Å². The summed E-state index contributed by atoms with van der Waals surface area (Å²) in [6.07, 6.45) is 11.6. The number of hydrogen-bond donors (Lipinski definition) is 2. The molecule has 0 aromatic heterocycles. The zero-order valence-electron chi connectivity index (χ0n) is 16.9. The minimum Gasteiger partial charge on any atom is -0.385 e. The summed E-state index contributed by atoms with van der Waals surface area (Å²) in [4.78, 5) is 6.62. The monoisotopic (exact) mass is 468 g/mol. The molecule has 150 valence electrons. The lowest BCUT2D eigenvalue weighted by atomic mass is 9.67. The number of guanidine groups is 1. The van der Waals surface area contributed by atoms with Crippen LogP contribution in [-0.4, -0.2) is 65.4 Å². The second-order valence-electron chi connectivity index (χ2n) is 7.52. The Labute approximate surface area is 172 Å². The number of nitrogens with one attached hydrogen (secondary N) is 2. The van der Waals surface area contributed by atoms with Gasteiger partial charge in [-0.3, -0.25) is 4.99 Å². The maximum Gasteiger partial charge on any atom is 0.190 e. The Hall–Kier alpha value is -0.0800. The summed E-state index contributed by atoms with van der Waals surface area (Å²) >= 11 is 0. The lowest BCUT2D eigenvalue weighted by Crippen LogP contribution is -2.47. The number of methoxy groups -OCH3 is 1. The van der Waals surface area contributed by atoms with Gasteiger partial charge in [-0.05, 0) is 58.2 Å². The van der Waals surface area contributed by atoms with Crippen molar-refractivity contribution in [2.24, 2.45) is 10.4 Å². The van der Waals surface area contributed by atoms with Gasteiger partial charge in [0.1, 0.15) is 0 Å². The van der Waals surface area contributed by atoms with Crippen LogP contribution in [0.25, 0.3) is 0 Å². The van der Waals surface area contributed by atoms with E-state index < -0.39 is 0 Å². The number of ether oxygens (including phenoxy) is 1. The Balaban J connectivity index is 0.00000576. The molecular weight excluding hydrogens is 427 g/mol. The van der Waals surface area contributed by atoms with Crippen molar-refractivity contribution in [3.8, 4) is 0 Å². The van der Waals surface area contributed by atoms with Crippen molar-refractivity contribution in [3.63, 3.8) is 0 Å². The molecule has 5 nitrogen and oxygen atoms in total. The molecule has 0 saturated heterocycles. The van der Waals surface area contributed by atoms with Crippen LogP contribution in [0.4, 0.5) is 0 Å². The molecule has 0 amide bonds. The molecular formula is C19H41IN4O. The molecule has 25 heavy (non-hydrogen) atoms. The zero-order chi connectivity index (χ0) is 17.7. The summed E-state index contributed by atoms with van der Waals surface area (Å²) in [5.74, 6) is 0.950. The fraction of sp³-hybridized carbons (Fsp3) is 0.947. The van der Waals surface area contributed by atoms with Crippen LogP contribution in [0.15, 0.2) is 4.99 Å². The topological polar surface area (TPSA) is 48.9 Å². The van der Waals surface area contributed by atoms with E-state index in [0.29, 0.717) is 5.41 Å². The van der Waals surface area contributed by atoms with Crippen LogP contribution in [0.1, 0.15) is 57.8 Å². The standard InChI is InChI=1S/C19H40N4O.HI/c1-20-18(21-14-8-6-5-7-9-15-23(2)3)22-17-19(11-10-12-19)13-16-24-4;/h5-17H2,1-4H3,(H2,20,21,22);1H. The van der Waals surface area contributed by atoms with E-state index in [0.717, 1.165) is 32.1 Å². The first-order chi connectivity index (χ1) is 11.6. The second kappa shape index (κ2) is 15.0. The highest BCUT2D eigenvalue weighted by Crippen LogP contribution is 2.43. The number of hydrogen-bond acceptors (Lipinski definition) is 3. The highest BCUT2D eigenvalue weighted by atomic mass is 127. The van der Waals surface area contributed by atoms with Crippen LogP contribution in [-0.2, 0) is 4.74 Å². The lowest BCUT2D eigenvalue weighted by Gasteiger charge is -2.42. The maximum atomic E-state index is 5.26. The van der Waals surface area contributed by atoms with E-state index in [2.05, 4.69) is 34.6 Å². The van der Waals surface area contributed by atoms with Crippen LogP contribution in [0.2, 0.25) is 0 Å². The highest BCUT2D eigenvalue weighted by Gasteiger charge is 2.36. The van der Waals surface area contributed by atoms with Gasteiger partial charge in [-0.2, -0.15) is 0 Å². The number of aliphatic imine (C=N–C) groups is 1. The third kappa shape index (κ3) is 11.3. The summed E-state index contributed by atoms with van der Waals surface area (Å²) in [5.41, 5.74) is 0.431. The van der Waals surface area contributed by atoms with Gasteiger partial charge in [0.15, 0.2) is 5.96 Å². The summed E-state index contributed by atoms with van der Waals surface area (Å²) in [6.45, 7) is 4.10. The molecule has 0 aromatic carbocycles. The number of halogens is 1. The Morgan fingerprint density at radius 1 is 1.08 bits per heavy atom. The molecule has 0 aromatic rings. The maximum absolute atomic E-state index is 5.26. The Kier molecular flexibility index (Phi) is 15.0. The van der Waals surface area contributed by atoms with E-state index in [1.807, 2.05) is 7.05 Å². The molecule has 6 heteroatoms. The minimum absolute atomic E-state index is 0. The fourth-order valence-corrected chi connectivity index (χ4v) is 3.29. The molecule has 0 heterocycles. The van der Waals surface area contributed by atoms with E-state index in [4.69, 9.17) is 4.74 Å². The minimum atomic E-state index is 0. The van der Waals surface area contributed by atoms with Gasteiger partial charge in [-0.1, -0.05) is 25.7 Å². The molecule has 0 radical (unpaired) electrons. The van der Waals surface area contributed by atoms with Crippen molar-refractivity contribution in [2.75, 3.05) is 54.5 Å². The van der Waals surface area contributed by atoms with Gasteiger partial charge in [0.25, 0.3) is 0 Å². The van der Waals surface area contributed by atoms with Crippen LogP contribution in [0.3, 0.4) is 0 Å². The third-order valence-electron chi connectivity index (χ3n) is 5.18. The first-order valence-electron chi connectivity index (χ1n) is 9.70. The van der Waals surface area contributed by atoms with Crippen LogP contribution in [0.5, 0.6) is 0 Å². The van der Waals surface area contributed by atoms with Crippen molar-refractivity contribution in [1.82, 2.24) is 15.5 Å². The van der Waals surface area contributed by atoms with Crippen molar-refractivity contribution >= 4 is 29.9 Å². The Bertz CT molecular complexity index is 346. The van der Waals surface area contributed by atoms with Gasteiger partial charge in [0, 0.05) is 33.9 Å². The summed E-state index contributed by atoms with van der Waals surface area (Å²) in [5, 5.41) is 6.98. The Morgan fingerprint density at radius 3 is 2.32 bits per heavy atom. The van der Waals surface area contributed by atoms with Gasteiger partial charge in [-0.15, -0.1) is 24.0 Å². The lowest BCUT2D eigenvalue weighted by molar-refractivity contribution is 0.0732. The van der Waals surface area contributed by atoms with Gasteiger partial charge in [0.2, 0.25) is 0 Å². The van der Waals surface area contributed by atoms with Crippen LogP contribution in [0, 0.1) is 5.41 Å². The number of rotatable bonds is 13. The molecule has 1 aliphatic carbocycles. The van der Waals surface area contributed by atoms with E-state index in [1.165, 1.54) is 57.9 Å². The van der Waals surface area contributed by atoms with E-state index in [1.54, 1.807) is 7.11 Å². The van der Waals surface area contributed by atoms with E-state index >= 15 is 0 Å². The smallest absolute Gasteiger partial charge is 0.190 e. The zero-order valence-corrected chi connectivity index (χ0v) is 19.2. The number of unbranched alkanes of at least 4 members (excludes halogenated alkanes) is 4. The summed E-state index contributed by atoms with van der Waals surface area (Å²) < 4.78 is 5.26. The van der Waals surface area contributed by atoms with Gasteiger partial charge < -0.3 is 20.3 Å². The average Bonchev–Trinajstić information content (AvgIpc) is 2.53. The summed E-state index contributed by atoms with van der Waals surface area (Å²) in [6, 6.07) is 0. The van der Waals surface area contributed by atoms with E-state index in [9.17, 15) is 0 Å². The quantitative estimate of drug-likeness (QED) is 0.188. The SMILES string of the molecule is CN=C(NCCCCCCCN(C)C)NCC1(CCOC)CCC1.I. The largest absolute Gasteiger partial charge is 0.385 e. The molecule has 2 N–H and O–H groups in total. The first kappa shape index (κ1) is 24.9. The number of nitrogens with zero attached hydrogens (tertiary/aromatic N) is 2. The van der Waals surface area contributed by atoms with Gasteiger partial charge in [0.05, 0.1) is 0 Å². The first-order valence-corrected chi connectivity index (χ1v) is 9.70. The fourth-order valence-electron chi connectivity index (χ4n) is 3.29. The van der Waals surface area contributed by atoms with Crippen molar-refractivity contribution in [3.05, 3.63) is 0 Å². The van der Waals surface area contributed by atoms with E-state index in [-0.39, 0.29) is 24.0 Å². The summed E-state index contributed by atoms with van der Waals surface area (Å²) in [7, 11) is 7.94.